The number of methoxy groups -OCH3 is 1. The third-order valence-electron chi connectivity index (χ3n) is 4.41. The van der Waals surface area contributed by atoms with Gasteiger partial charge in [-0.3, -0.25) is 4.90 Å². The Morgan fingerprint density at radius 2 is 2.06 bits per heavy atom. The lowest BCUT2D eigenvalue weighted by atomic mass is 9.84. The molecule has 2 unspecified atom stereocenters. The third-order valence-corrected chi connectivity index (χ3v) is 4.41. The molecule has 1 rings (SSSR count). The summed E-state index contributed by atoms with van der Waals surface area (Å²) in [5.41, 5.74) is 6.06. The minimum Gasteiger partial charge on any atom is -0.383 e. The molecule has 0 amide bonds. The van der Waals surface area contributed by atoms with Crippen LogP contribution < -0.4 is 5.73 Å². The fourth-order valence-electron chi connectivity index (χ4n) is 2.75. The van der Waals surface area contributed by atoms with Crippen LogP contribution in [0.15, 0.2) is 0 Å². The summed E-state index contributed by atoms with van der Waals surface area (Å²) in [7, 11) is 3.96. The molecule has 0 aromatic carbocycles. The molecular weight excluding hydrogens is 214 g/mol. The smallest absolute Gasteiger partial charge is 0.0661 e. The van der Waals surface area contributed by atoms with Gasteiger partial charge in [-0.1, -0.05) is 13.8 Å². The van der Waals surface area contributed by atoms with E-state index in [9.17, 15) is 0 Å². The summed E-state index contributed by atoms with van der Waals surface area (Å²) < 4.78 is 5.44. The molecule has 1 heterocycles. The monoisotopic (exact) mass is 243 g/mol. The lowest BCUT2D eigenvalue weighted by molar-refractivity contribution is -0.0491. The highest BCUT2D eigenvalue weighted by Crippen LogP contribution is 2.27. The van der Waals surface area contributed by atoms with Crippen molar-refractivity contribution in [1.82, 2.24) is 9.80 Å². The van der Waals surface area contributed by atoms with E-state index < -0.39 is 0 Å². The van der Waals surface area contributed by atoms with Gasteiger partial charge in [0.25, 0.3) is 0 Å². The standard InChI is InChI=1S/C13H29N3O/c1-11(2)13(9-14,10-17-5)16-7-6-15(4)12(3)8-16/h11-12H,6-10,14H2,1-5H3. The Labute approximate surface area is 106 Å². The van der Waals surface area contributed by atoms with Crippen LogP contribution in [-0.4, -0.2) is 68.3 Å². The Bertz CT molecular complexity index is 235. The SMILES string of the molecule is COCC(CN)(C(C)C)N1CCN(C)C(C)C1. The summed E-state index contributed by atoms with van der Waals surface area (Å²) >= 11 is 0. The zero-order valence-corrected chi connectivity index (χ0v) is 12.1. The van der Waals surface area contributed by atoms with Gasteiger partial charge < -0.3 is 15.4 Å². The van der Waals surface area contributed by atoms with E-state index in [2.05, 4.69) is 37.6 Å². The lowest BCUT2D eigenvalue weighted by Gasteiger charge is -2.50. The van der Waals surface area contributed by atoms with Gasteiger partial charge in [0.2, 0.25) is 0 Å². The topological polar surface area (TPSA) is 41.7 Å². The van der Waals surface area contributed by atoms with Crippen LogP contribution in [-0.2, 0) is 4.74 Å². The second-order valence-electron chi connectivity index (χ2n) is 5.67. The maximum Gasteiger partial charge on any atom is 0.0661 e. The van der Waals surface area contributed by atoms with Gasteiger partial charge in [0.15, 0.2) is 0 Å². The first kappa shape index (κ1) is 14.9. The molecular formula is C13H29N3O. The predicted octanol–water partition coefficient (Wildman–Crippen LogP) is 0.622. The third kappa shape index (κ3) is 2.99. The summed E-state index contributed by atoms with van der Waals surface area (Å²) in [6, 6.07) is 0.588. The number of nitrogens with two attached hydrogens (primary N) is 1. The summed E-state index contributed by atoms with van der Waals surface area (Å²) in [6.07, 6.45) is 0. The first-order chi connectivity index (χ1) is 7.97. The van der Waals surface area contributed by atoms with E-state index in [4.69, 9.17) is 10.5 Å². The van der Waals surface area contributed by atoms with E-state index in [1.54, 1.807) is 7.11 Å². The summed E-state index contributed by atoms with van der Waals surface area (Å²) in [5.74, 6) is 0.503. The zero-order chi connectivity index (χ0) is 13.1. The van der Waals surface area contributed by atoms with Crippen molar-refractivity contribution in [3.8, 4) is 0 Å². The molecule has 1 fully saturated rings. The van der Waals surface area contributed by atoms with Gasteiger partial charge in [-0.15, -0.1) is 0 Å². The summed E-state index contributed by atoms with van der Waals surface area (Å²) in [4.78, 5) is 4.94. The molecule has 4 heteroatoms. The normalized spacial score (nSPS) is 27.4. The minimum atomic E-state index is -0.00965. The molecule has 4 nitrogen and oxygen atoms in total. The second-order valence-corrected chi connectivity index (χ2v) is 5.67. The first-order valence-electron chi connectivity index (χ1n) is 6.62. The molecule has 2 N–H and O–H groups in total. The number of nitrogens with zero attached hydrogens (tertiary/aromatic N) is 2. The van der Waals surface area contributed by atoms with Crippen molar-refractivity contribution in [1.29, 1.82) is 0 Å². The van der Waals surface area contributed by atoms with E-state index in [0.717, 1.165) is 26.2 Å². The minimum absolute atomic E-state index is 0.00965. The second kappa shape index (κ2) is 6.14. The van der Waals surface area contributed by atoms with Crippen LogP contribution in [0.1, 0.15) is 20.8 Å². The molecule has 0 saturated carbocycles. The maximum atomic E-state index is 6.07. The van der Waals surface area contributed by atoms with E-state index in [-0.39, 0.29) is 5.54 Å². The van der Waals surface area contributed by atoms with Crippen molar-refractivity contribution < 1.29 is 4.74 Å². The van der Waals surface area contributed by atoms with Gasteiger partial charge >= 0.3 is 0 Å². The average Bonchev–Trinajstić information content (AvgIpc) is 2.29. The molecule has 2 atom stereocenters. The fourth-order valence-corrected chi connectivity index (χ4v) is 2.75. The quantitative estimate of drug-likeness (QED) is 0.769. The highest BCUT2D eigenvalue weighted by molar-refractivity contribution is 4.97. The zero-order valence-electron chi connectivity index (χ0n) is 12.1. The van der Waals surface area contributed by atoms with Crippen LogP contribution in [0.3, 0.4) is 0 Å². The largest absolute Gasteiger partial charge is 0.383 e. The Kier molecular flexibility index (Phi) is 5.38. The first-order valence-corrected chi connectivity index (χ1v) is 6.62. The predicted molar refractivity (Wildman–Crippen MR) is 72.2 cm³/mol. The molecule has 0 bridgehead atoms. The molecule has 1 saturated heterocycles. The number of piperazine rings is 1. The Morgan fingerprint density at radius 3 is 2.47 bits per heavy atom. The van der Waals surface area contributed by atoms with Gasteiger partial charge in [-0.25, -0.2) is 0 Å². The lowest BCUT2D eigenvalue weighted by Crippen LogP contribution is -2.66. The Morgan fingerprint density at radius 1 is 1.41 bits per heavy atom. The van der Waals surface area contributed by atoms with Crippen molar-refractivity contribution in [2.75, 3.05) is 46.9 Å². The van der Waals surface area contributed by atoms with Gasteiger partial charge in [0.05, 0.1) is 12.1 Å². The number of ether oxygens (including phenoxy) is 1. The molecule has 1 aliphatic rings. The Hall–Kier alpha value is -0.160. The van der Waals surface area contributed by atoms with Crippen molar-refractivity contribution in [3.05, 3.63) is 0 Å². The van der Waals surface area contributed by atoms with Crippen LogP contribution in [0, 0.1) is 5.92 Å². The van der Waals surface area contributed by atoms with Gasteiger partial charge in [0.1, 0.15) is 0 Å². The van der Waals surface area contributed by atoms with Crippen LogP contribution in [0.5, 0.6) is 0 Å². The molecule has 0 spiro atoms. The molecule has 17 heavy (non-hydrogen) atoms. The van der Waals surface area contributed by atoms with E-state index in [1.165, 1.54) is 0 Å². The van der Waals surface area contributed by atoms with Crippen LogP contribution in [0.25, 0.3) is 0 Å². The molecule has 0 aromatic rings. The molecule has 0 aromatic heterocycles. The highest BCUT2D eigenvalue weighted by Gasteiger charge is 2.41. The van der Waals surface area contributed by atoms with Crippen LogP contribution >= 0.6 is 0 Å². The van der Waals surface area contributed by atoms with Crippen molar-refractivity contribution >= 4 is 0 Å². The summed E-state index contributed by atoms with van der Waals surface area (Å²) in [6.45, 7) is 11.4. The van der Waals surface area contributed by atoms with Crippen LogP contribution in [0.4, 0.5) is 0 Å². The molecule has 102 valence electrons. The van der Waals surface area contributed by atoms with Gasteiger partial charge in [-0.05, 0) is 19.9 Å². The number of hydrogen-bond acceptors (Lipinski definition) is 4. The van der Waals surface area contributed by atoms with Crippen molar-refractivity contribution in [2.45, 2.75) is 32.4 Å². The number of hydrogen-bond donors (Lipinski definition) is 1. The van der Waals surface area contributed by atoms with Crippen LogP contribution in [0.2, 0.25) is 0 Å². The van der Waals surface area contributed by atoms with Crippen molar-refractivity contribution in [3.63, 3.8) is 0 Å². The van der Waals surface area contributed by atoms with Crippen molar-refractivity contribution in [2.24, 2.45) is 11.7 Å². The molecule has 0 aliphatic carbocycles. The van der Waals surface area contributed by atoms with E-state index >= 15 is 0 Å². The van der Waals surface area contributed by atoms with E-state index in [1.807, 2.05) is 0 Å². The maximum absolute atomic E-state index is 6.07. The Balaban J connectivity index is 2.83. The van der Waals surface area contributed by atoms with E-state index in [0.29, 0.717) is 18.5 Å². The van der Waals surface area contributed by atoms with Gasteiger partial charge in [-0.2, -0.15) is 0 Å². The molecule has 1 aliphatic heterocycles. The van der Waals surface area contributed by atoms with Gasteiger partial charge in [0, 0.05) is 39.3 Å². The highest BCUT2D eigenvalue weighted by atomic mass is 16.5. The summed E-state index contributed by atoms with van der Waals surface area (Å²) in [5, 5.41) is 0. The number of rotatable bonds is 5. The molecule has 0 radical (unpaired) electrons. The number of likely N-dealkylation sites (N-methyl/N-ethyl adjacent to an activating group) is 1. The fraction of sp³-hybridized carbons (Fsp3) is 1.00. The average molecular weight is 243 g/mol.